The van der Waals surface area contributed by atoms with Crippen molar-refractivity contribution in [3.05, 3.63) is 58.6 Å². The van der Waals surface area contributed by atoms with Crippen molar-refractivity contribution in [2.75, 3.05) is 13.2 Å². The number of benzene rings is 1. The third-order valence-corrected chi connectivity index (χ3v) is 3.82. The molecule has 1 amide bonds. The summed E-state index contributed by atoms with van der Waals surface area (Å²) in [5.41, 5.74) is 6.82. The predicted molar refractivity (Wildman–Crippen MR) is 95.4 cm³/mol. The molecule has 3 N–H and O–H groups in total. The minimum atomic E-state index is -0.196. The van der Waals surface area contributed by atoms with Crippen molar-refractivity contribution in [1.29, 1.82) is 0 Å². The molecule has 1 heterocycles. The molecule has 0 spiro atoms. The second kappa shape index (κ2) is 9.99. The van der Waals surface area contributed by atoms with E-state index >= 15 is 0 Å². The van der Waals surface area contributed by atoms with Crippen molar-refractivity contribution in [2.45, 2.75) is 13.0 Å². The fraction of sp³-hybridized carbons (Fsp3) is 0.250. The van der Waals surface area contributed by atoms with Crippen molar-refractivity contribution in [1.82, 2.24) is 10.3 Å². The van der Waals surface area contributed by atoms with Gasteiger partial charge in [0.1, 0.15) is 18.1 Å². The van der Waals surface area contributed by atoms with Crippen LogP contribution in [0.25, 0.3) is 0 Å². The van der Waals surface area contributed by atoms with Crippen molar-refractivity contribution in [3.8, 4) is 5.75 Å². The summed E-state index contributed by atoms with van der Waals surface area (Å²) in [6.45, 7) is 4.97. The minimum absolute atomic E-state index is 0. The number of thiazole rings is 1. The predicted octanol–water partition coefficient (Wildman–Crippen LogP) is 2.56. The Morgan fingerprint density at radius 1 is 1.43 bits per heavy atom. The summed E-state index contributed by atoms with van der Waals surface area (Å²) in [4.78, 5) is 16.4. The summed E-state index contributed by atoms with van der Waals surface area (Å²) in [5, 5.41) is 5.48. The van der Waals surface area contributed by atoms with Crippen molar-refractivity contribution in [3.63, 3.8) is 0 Å². The van der Waals surface area contributed by atoms with Gasteiger partial charge < -0.3 is 15.8 Å². The number of hydrogen-bond donors (Lipinski definition) is 2. The number of para-hydroxylation sites is 1. The maximum atomic E-state index is 12.1. The number of ether oxygens (including phenoxy) is 1. The van der Waals surface area contributed by atoms with E-state index in [1.54, 1.807) is 11.5 Å². The van der Waals surface area contributed by atoms with Crippen LogP contribution in [0.2, 0.25) is 0 Å². The highest BCUT2D eigenvalue weighted by molar-refractivity contribution is 7.09. The van der Waals surface area contributed by atoms with E-state index in [9.17, 15) is 4.79 Å². The van der Waals surface area contributed by atoms with Gasteiger partial charge in [-0.2, -0.15) is 0 Å². The minimum Gasteiger partial charge on any atom is -0.489 e. The van der Waals surface area contributed by atoms with Crippen LogP contribution < -0.4 is 15.8 Å². The standard InChI is InChI=1S/C16H19N3O2S.ClH/c1-2-9-21-14-6-4-3-5-12(14)10-18-16(20)13-11-22-15(19-13)7-8-17;/h2-6,11H,1,7-10,17H2,(H,18,20);1H. The molecule has 1 aromatic carbocycles. The van der Waals surface area contributed by atoms with Crippen LogP contribution in [0.1, 0.15) is 21.1 Å². The zero-order valence-corrected chi connectivity index (χ0v) is 14.3. The molecule has 124 valence electrons. The zero-order valence-electron chi connectivity index (χ0n) is 12.7. The summed E-state index contributed by atoms with van der Waals surface area (Å²) >= 11 is 1.45. The summed E-state index contributed by atoms with van der Waals surface area (Å²) in [6, 6.07) is 7.58. The van der Waals surface area contributed by atoms with Gasteiger partial charge in [0.2, 0.25) is 0 Å². The van der Waals surface area contributed by atoms with E-state index < -0.39 is 0 Å². The molecule has 1 aromatic heterocycles. The van der Waals surface area contributed by atoms with Gasteiger partial charge in [0.25, 0.3) is 5.91 Å². The maximum absolute atomic E-state index is 12.1. The summed E-state index contributed by atoms with van der Waals surface area (Å²) in [7, 11) is 0. The molecule has 2 rings (SSSR count). The lowest BCUT2D eigenvalue weighted by molar-refractivity contribution is 0.0946. The highest BCUT2D eigenvalue weighted by Crippen LogP contribution is 2.18. The third kappa shape index (κ3) is 5.67. The molecule has 0 bridgehead atoms. The molecule has 0 aliphatic carbocycles. The molecular formula is C16H20ClN3O2S. The molecule has 0 fully saturated rings. The Kier molecular flexibility index (Phi) is 8.32. The van der Waals surface area contributed by atoms with Crippen LogP contribution in [0, 0.1) is 0 Å². The fourth-order valence-electron chi connectivity index (χ4n) is 1.86. The van der Waals surface area contributed by atoms with Crippen LogP contribution in [-0.2, 0) is 13.0 Å². The Labute approximate surface area is 146 Å². The number of carbonyl (C=O) groups is 1. The van der Waals surface area contributed by atoms with Crippen LogP contribution >= 0.6 is 23.7 Å². The van der Waals surface area contributed by atoms with Gasteiger partial charge in [0.05, 0.1) is 5.01 Å². The molecule has 7 heteroatoms. The Hall–Kier alpha value is -1.89. The number of aromatic nitrogens is 1. The van der Waals surface area contributed by atoms with Gasteiger partial charge in [-0.25, -0.2) is 4.98 Å². The number of nitrogens with one attached hydrogen (secondary N) is 1. The highest BCUT2D eigenvalue weighted by atomic mass is 35.5. The molecule has 0 aliphatic rings. The van der Waals surface area contributed by atoms with Crippen LogP contribution in [0.3, 0.4) is 0 Å². The molecule has 5 nitrogen and oxygen atoms in total. The monoisotopic (exact) mass is 353 g/mol. The fourth-order valence-corrected chi connectivity index (χ4v) is 2.65. The quantitative estimate of drug-likeness (QED) is 0.715. The molecule has 2 aromatic rings. The number of amides is 1. The topological polar surface area (TPSA) is 77.2 Å². The Balaban J connectivity index is 0.00000264. The van der Waals surface area contributed by atoms with E-state index in [1.807, 2.05) is 24.3 Å². The number of rotatable bonds is 8. The first-order valence-corrected chi connectivity index (χ1v) is 7.87. The van der Waals surface area contributed by atoms with Crippen molar-refractivity contribution >= 4 is 29.7 Å². The van der Waals surface area contributed by atoms with E-state index in [0.29, 0.717) is 31.8 Å². The van der Waals surface area contributed by atoms with Gasteiger partial charge in [0.15, 0.2) is 0 Å². The summed E-state index contributed by atoms with van der Waals surface area (Å²) < 4.78 is 5.56. The first kappa shape index (κ1) is 19.2. The van der Waals surface area contributed by atoms with E-state index in [1.165, 1.54) is 11.3 Å². The first-order valence-electron chi connectivity index (χ1n) is 6.99. The molecule has 0 unspecified atom stereocenters. The second-order valence-corrected chi connectivity index (χ2v) is 5.50. The van der Waals surface area contributed by atoms with Crippen LogP contribution in [-0.4, -0.2) is 24.0 Å². The third-order valence-electron chi connectivity index (χ3n) is 2.91. The van der Waals surface area contributed by atoms with Gasteiger partial charge in [-0.3, -0.25) is 4.79 Å². The van der Waals surface area contributed by atoms with Crippen LogP contribution in [0.5, 0.6) is 5.75 Å². The number of nitrogens with zero attached hydrogens (tertiary/aromatic N) is 1. The molecule has 0 atom stereocenters. The van der Waals surface area contributed by atoms with E-state index in [-0.39, 0.29) is 18.3 Å². The zero-order chi connectivity index (χ0) is 15.8. The largest absolute Gasteiger partial charge is 0.489 e. The lowest BCUT2D eigenvalue weighted by Gasteiger charge is -2.10. The van der Waals surface area contributed by atoms with Crippen molar-refractivity contribution in [2.24, 2.45) is 5.73 Å². The second-order valence-electron chi connectivity index (χ2n) is 4.56. The van der Waals surface area contributed by atoms with Crippen LogP contribution in [0.4, 0.5) is 0 Å². The number of nitrogens with two attached hydrogens (primary N) is 1. The van der Waals surface area contributed by atoms with E-state index in [4.69, 9.17) is 10.5 Å². The van der Waals surface area contributed by atoms with Gasteiger partial charge >= 0.3 is 0 Å². The van der Waals surface area contributed by atoms with E-state index in [2.05, 4.69) is 16.9 Å². The van der Waals surface area contributed by atoms with Gasteiger partial charge in [0, 0.05) is 23.9 Å². The SMILES string of the molecule is C=CCOc1ccccc1CNC(=O)c1csc(CCN)n1.Cl. The Morgan fingerprint density at radius 3 is 2.96 bits per heavy atom. The highest BCUT2D eigenvalue weighted by Gasteiger charge is 2.11. The normalized spacial score (nSPS) is 9.78. The lowest BCUT2D eigenvalue weighted by atomic mass is 10.2. The molecule has 0 saturated carbocycles. The van der Waals surface area contributed by atoms with Crippen LogP contribution in [0.15, 0.2) is 42.3 Å². The lowest BCUT2D eigenvalue weighted by Crippen LogP contribution is -2.23. The molecule has 0 radical (unpaired) electrons. The summed E-state index contributed by atoms with van der Waals surface area (Å²) in [5.74, 6) is 0.544. The number of carbonyl (C=O) groups excluding carboxylic acids is 1. The average molecular weight is 354 g/mol. The maximum Gasteiger partial charge on any atom is 0.271 e. The Bertz CT molecular complexity index is 646. The molecular weight excluding hydrogens is 334 g/mol. The van der Waals surface area contributed by atoms with Gasteiger partial charge in [-0.05, 0) is 12.6 Å². The number of halogens is 1. The Morgan fingerprint density at radius 2 is 2.22 bits per heavy atom. The smallest absolute Gasteiger partial charge is 0.271 e. The molecule has 0 aliphatic heterocycles. The average Bonchev–Trinajstić information content (AvgIpc) is 3.00. The van der Waals surface area contributed by atoms with Gasteiger partial charge in [-0.1, -0.05) is 30.9 Å². The van der Waals surface area contributed by atoms with Crippen molar-refractivity contribution < 1.29 is 9.53 Å². The first-order chi connectivity index (χ1) is 10.7. The van der Waals surface area contributed by atoms with E-state index in [0.717, 1.165) is 16.3 Å². The molecule has 23 heavy (non-hydrogen) atoms. The number of hydrogen-bond acceptors (Lipinski definition) is 5. The molecule has 0 saturated heterocycles. The van der Waals surface area contributed by atoms with Gasteiger partial charge in [-0.15, -0.1) is 23.7 Å². The summed E-state index contributed by atoms with van der Waals surface area (Å²) in [6.07, 6.45) is 2.37.